The maximum absolute atomic E-state index is 14.4. The van der Waals surface area contributed by atoms with Crippen molar-refractivity contribution in [2.75, 3.05) is 0 Å². The summed E-state index contributed by atoms with van der Waals surface area (Å²) >= 11 is 5.98. The quantitative estimate of drug-likeness (QED) is 0.282. The lowest BCUT2D eigenvalue weighted by Gasteiger charge is -2.27. The van der Waals surface area contributed by atoms with E-state index in [2.05, 4.69) is 4.72 Å². The van der Waals surface area contributed by atoms with Crippen LogP contribution in [0.4, 0.5) is 4.39 Å². The molecule has 2 aromatic carbocycles. The molecular formula is C30H34ClFN2O5S. The number of pyridine rings is 1. The molecule has 0 radical (unpaired) electrons. The van der Waals surface area contributed by atoms with E-state index in [0.717, 1.165) is 6.07 Å². The summed E-state index contributed by atoms with van der Waals surface area (Å²) in [4.78, 5) is 39.5. The Morgan fingerprint density at radius 3 is 2.23 bits per heavy atom. The first kappa shape index (κ1) is 31.4. The van der Waals surface area contributed by atoms with E-state index in [4.69, 9.17) is 16.3 Å². The molecule has 0 aliphatic carbocycles. The zero-order valence-corrected chi connectivity index (χ0v) is 25.2. The minimum Gasteiger partial charge on any atom is -0.459 e. The van der Waals surface area contributed by atoms with E-state index in [-0.39, 0.29) is 17.5 Å². The molecule has 0 aliphatic heterocycles. The Morgan fingerprint density at radius 2 is 1.65 bits per heavy atom. The number of halogens is 2. The minimum atomic E-state index is -1.64. The monoisotopic (exact) mass is 588 g/mol. The summed E-state index contributed by atoms with van der Waals surface area (Å²) < 4.78 is 36.6. The van der Waals surface area contributed by atoms with Gasteiger partial charge in [0.05, 0.1) is 15.7 Å². The lowest BCUT2D eigenvalue weighted by Crippen LogP contribution is -2.47. The summed E-state index contributed by atoms with van der Waals surface area (Å²) in [7, 11) is -0.0876. The molecule has 0 amide bonds. The van der Waals surface area contributed by atoms with Crippen molar-refractivity contribution in [1.82, 2.24) is 9.29 Å². The maximum Gasteiger partial charge on any atom is 0.324 e. The molecule has 40 heavy (non-hydrogen) atoms. The Labute approximate surface area is 241 Å². The Kier molecular flexibility index (Phi) is 9.54. The lowest BCUT2D eigenvalue weighted by molar-refractivity contribution is -0.156. The van der Waals surface area contributed by atoms with Gasteiger partial charge >= 0.3 is 5.97 Å². The number of ether oxygens (including phenoxy) is 1. The van der Waals surface area contributed by atoms with Crippen molar-refractivity contribution in [2.45, 2.75) is 64.4 Å². The number of carbonyl (C=O) groups is 2. The molecule has 10 heteroatoms. The number of ketones is 1. The zero-order valence-electron chi connectivity index (χ0n) is 23.6. The Bertz CT molecular complexity index is 1500. The van der Waals surface area contributed by atoms with Crippen LogP contribution in [0, 0.1) is 5.82 Å². The van der Waals surface area contributed by atoms with Crippen molar-refractivity contribution in [3.63, 3.8) is 0 Å². The highest BCUT2D eigenvalue weighted by molar-refractivity contribution is 7.84. The van der Waals surface area contributed by atoms with Gasteiger partial charge in [0.2, 0.25) is 0 Å². The van der Waals surface area contributed by atoms with Crippen LogP contribution in [0.1, 0.15) is 63.0 Å². The number of nitrogens with one attached hydrogen (secondary N) is 1. The van der Waals surface area contributed by atoms with Crippen molar-refractivity contribution in [3.8, 4) is 11.1 Å². The third-order valence-electron chi connectivity index (χ3n) is 5.86. The first-order valence-electron chi connectivity index (χ1n) is 12.7. The number of benzene rings is 2. The predicted molar refractivity (Wildman–Crippen MR) is 156 cm³/mol. The van der Waals surface area contributed by atoms with E-state index in [1.54, 1.807) is 72.9 Å². The third-order valence-corrected chi connectivity index (χ3v) is 7.72. The zero-order chi connectivity index (χ0) is 30.0. The third kappa shape index (κ3) is 7.96. The highest BCUT2D eigenvalue weighted by Gasteiger charge is 2.31. The average Bonchev–Trinajstić information content (AvgIpc) is 2.84. The second kappa shape index (κ2) is 12.2. The summed E-state index contributed by atoms with van der Waals surface area (Å²) in [6.45, 7) is 10.5. The number of esters is 1. The molecule has 0 saturated heterocycles. The molecule has 0 saturated carbocycles. The van der Waals surface area contributed by atoms with Crippen LogP contribution in [0.25, 0.3) is 11.1 Å². The van der Waals surface area contributed by atoms with E-state index in [0.29, 0.717) is 27.3 Å². The van der Waals surface area contributed by atoms with Crippen molar-refractivity contribution < 1.29 is 22.9 Å². The first-order valence-corrected chi connectivity index (χ1v) is 14.2. The molecule has 1 unspecified atom stereocenters. The normalized spacial score (nSPS) is 13.5. The fourth-order valence-corrected chi connectivity index (χ4v) is 4.77. The highest BCUT2D eigenvalue weighted by Crippen LogP contribution is 2.30. The van der Waals surface area contributed by atoms with Gasteiger partial charge in [-0.3, -0.25) is 14.4 Å². The minimum absolute atomic E-state index is 0.0715. The molecule has 1 aromatic heterocycles. The fourth-order valence-electron chi connectivity index (χ4n) is 3.85. The Morgan fingerprint density at radius 1 is 1.02 bits per heavy atom. The molecule has 0 aliphatic rings. The molecule has 3 rings (SSSR count). The van der Waals surface area contributed by atoms with Gasteiger partial charge < -0.3 is 9.30 Å². The SMILES string of the molecule is Cn1cc(-c2ccc(F)cc2C(=O)c2ccc(Cl)cc2)c(CC(N[S@@](=O)C(C)(C)C)C(=O)OC(C)(C)C)cc1=O. The second-order valence-corrected chi connectivity index (χ2v) is 13.9. The van der Waals surface area contributed by atoms with Crippen LogP contribution in [0.2, 0.25) is 5.02 Å². The van der Waals surface area contributed by atoms with Crippen LogP contribution in [-0.4, -0.2) is 36.9 Å². The van der Waals surface area contributed by atoms with Crippen LogP contribution >= 0.6 is 11.6 Å². The van der Waals surface area contributed by atoms with Gasteiger partial charge in [-0.1, -0.05) is 17.7 Å². The van der Waals surface area contributed by atoms with Gasteiger partial charge in [0.15, 0.2) is 5.78 Å². The molecule has 1 heterocycles. The largest absolute Gasteiger partial charge is 0.459 e. The average molecular weight is 589 g/mol. The smallest absolute Gasteiger partial charge is 0.324 e. The molecule has 0 bridgehead atoms. The summed E-state index contributed by atoms with van der Waals surface area (Å²) in [6, 6.07) is 10.3. The van der Waals surface area contributed by atoms with Gasteiger partial charge in [-0.05, 0) is 89.1 Å². The molecule has 1 N–H and O–H groups in total. The molecule has 7 nitrogen and oxygen atoms in total. The number of rotatable bonds is 8. The van der Waals surface area contributed by atoms with Crippen molar-refractivity contribution in [1.29, 1.82) is 0 Å². The number of hydrogen-bond donors (Lipinski definition) is 1. The Balaban J connectivity index is 2.17. The van der Waals surface area contributed by atoms with Gasteiger partial charge in [0, 0.05) is 47.4 Å². The van der Waals surface area contributed by atoms with Crippen molar-refractivity contribution >= 4 is 34.3 Å². The van der Waals surface area contributed by atoms with Gasteiger partial charge in [-0.25, -0.2) is 13.3 Å². The van der Waals surface area contributed by atoms with Crippen molar-refractivity contribution in [2.24, 2.45) is 7.05 Å². The number of carbonyl (C=O) groups excluding carboxylic acids is 2. The van der Waals surface area contributed by atoms with Gasteiger partial charge in [0.1, 0.15) is 17.5 Å². The molecule has 214 valence electrons. The highest BCUT2D eigenvalue weighted by atomic mass is 35.5. The topological polar surface area (TPSA) is 94.5 Å². The molecule has 0 spiro atoms. The number of hydrogen-bond acceptors (Lipinski definition) is 5. The second-order valence-electron chi connectivity index (χ2n) is 11.5. The van der Waals surface area contributed by atoms with Crippen LogP contribution in [0.5, 0.6) is 0 Å². The molecule has 3 aromatic rings. The van der Waals surface area contributed by atoms with E-state index < -0.39 is 44.9 Å². The first-order chi connectivity index (χ1) is 18.5. The van der Waals surface area contributed by atoms with Crippen LogP contribution < -0.4 is 10.3 Å². The standard InChI is InChI=1S/C30H34ClFN2O5S/c1-29(2,3)39-28(37)25(33-40(38)30(4,5)6)14-19-15-26(35)34(7)17-24(19)22-13-12-21(32)16-23(22)27(36)18-8-10-20(31)11-9-18/h8-13,15-17,25,33H,14H2,1-7H3/t25?,40-/m0/s1. The van der Waals surface area contributed by atoms with E-state index in [1.165, 1.54) is 29.0 Å². The van der Waals surface area contributed by atoms with Crippen LogP contribution in [0.15, 0.2) is 59.5 Å². The lowest BCUT2D eigenvalue weighted by atomic mass is 9.90. The van der Waals surface area contributed by atoms with Crippen LogP contribution in [-0.2, 0) is 34.0 Å². The van der Waals surface area contributed by atoms with Crippen LogP contribution in [0.3, 0.4) is 0 Å². The maximum atomic E-state index is 14.4. The Hall–Kier alpha value is -3.14. The summed E-state index contributed by atoms with van der Waals surface area (Å²) in [5.41, 5.74) is 0.410. The number of aromatic nitrogens is 1. The molecular weight excluding hydrogens is 555 g/mol. The van der Waals surface area contributed by atoms with Gasteiger partial charge in [-0.15, -0.1) is 0 Å². The number of nitrogens with zero attached hydrogens (tertiary/aromatic N) is 1. The van der Waals surface area contributed by atoms with E-state index in [9.17, 15) is 23.0 Å². The summed E-state index contributed by atoms with van der Waals surface area (Å²) in [5, 5.41) is 0.449. The number of aryl methyl sites for hydroxylation is 1. The van der Waals surface area contributed by atoms with E-state index >= 15 is 0 Å². The molecule has 2 atom stereocenters. The molecule has 0 fully saturated rings. The summed E-state index contributed by atoms with van der Waals surface area (Å²) in [6.07, 6.45) is 1.46. The van der Waals surface area contributed by atoms with Gasteiger partial charge in [0.25, 0.3) is 5.56 Å². The summed E-state index contributed by atoms with van der Waals surface area (Å²) in [5.74, 6) is -1.70. The predicted octanol–water partition coefficient (Wildman–Crippen LogP) is 5.38. The van der Waals surface area contributed by atoms with E-state index in [1.807, 2.05) is 0 Å². The van der Waals surface area contributed by atoms with Crippen molar-refractivity contribution in [3.05, 3.63) is 92.6 Å². The fraction of sp³-hybridized carbons (Fsp3) is 0.367. The van der Waals surface area contributed by atoms with Gasteiger partial charge in [-0.2, -0.15) is 0 Å².